The van der Waals surface area contributed by atoms with E-state index >= 15 is 0 Å². The number of carbonyl (C=O) groups is 1. The van der Waals surface area contributed by atoms with E-state index in [0.29, 0.717) is 32.8 Å². The van der Waals surface area contributed by atoms with Crippen LogP contribution in [0.1, 0.15) is 23.7 Å². The monoisotopic (exact) mass is 317 g/mol. The van der Waals surface area contributed by atoms with Crippen LogP contribution < -0.4 is 5.32 Å². The Balaban J connectivity index is 1.85. The lowest BCUT2D eigenvalue weighted by molar-refractivity contribution is -0.121. The van der Waals surface area contributed by atoms with E-state index in [1.165, 1.54) is 0 Å². The van der Waals surface area contributed by atoms with Crippen LogP contribution in [0.3, 0.4) is 0 Å². The van der Waals surface area contributed by atoms with Gasteiger partial charge in [0, 0.05) is 32.5 Å². The van der Waals surface area contributed by atoms with Gasteiger partial charge in [-0.2, -0.15) is 0 Å². The minimum atomic E-state index is -0.0828. The van der Waals surface area contributed by atoms with Gasteiger partial charge in [-0.3, -0.25) is 4.79 Å². The molecule has 1 unspecified atom stereocenters. The maximum absolute atomic E-state index is 12.2. The number of carbonyl (C=O) groups excluding carboxylic acids is 1. The number of aromatic amines is 1. The van der Waals surface area contributed by atoms with Gasteiger partial charge in [0.05, 0.1) is 25.7 Å². The van der Waals surface area contributed by atoms with Crippen molar-refractivity contribution in [2.24, 2.45) is 0 Å². The number of rotatable bonds is 10. The van der Waals surface area contributed by atoms with Crippen LogP contribution in [0.4, 0.5) is 0 Å². The molecular weight excluding hydrogens is 294 g/mol. The summed E-state index contributed by atoms with van der Waals surface area (Å²) < 4.78 is 10.2. The highest BCUT2D eigenvalue weighted by atomic mass is 16.5. The molecule has 2 N–H and O–H groups in total. The molecule has 0 aliphatic carbocycles. The quantitative estimate of drug-likeness (QED) is 0.654. The number of benzene rings is 1. The first-order chi connectivity index (χ1) is 11.3. The molecule has 2 aromatic rings. The van der Waals surface area contributed by atoms with Gasteiger partial charge in [-0.25, -0.2) is 4.98 Å². The molecule has 0 radical (unpaired) electrons. The lowest BCUT2D eigenvalue weighted by Crippen LogP contribution is -2.29. The average molecular weight is 317 g/mol. The van der Waals surface area contributed by atoms with Crippen LogP contribution in [0, 0.1) is 0 Å². The number of H-pyrrole nitrogens is 1. The molecule has 23 heavy (non-hydrogen) atoms. The van der Waals surface area contributed by atoms with Crippen molar-refractivity contribution in [1.82, 2.24) is 15.3 Å². The van der Waals surface area contributed by atoms with Crippen molar-refractivity contribution in [2.75, 3.05) is 33.5 Å². The van der Waals surface area contributed by atoms with E-state index in [1.807, 2.05) is 30.3 Å². The first-order valence-electron chi connectivity index (χ1n) is 7.69. The SMILES string of the molecule is COCCOCCNC(=O)CC(c1ccccc1)c1ncc[nH]1. The molecule has 1 heterocycles. The van der Waals surface area contributed by atoms with Gasteiger partial charge in [0.1, 0.15) is 5.82 Å². The zero-order valence-corrected chi connectivity index (χ0v) is 13.3. The molecule has 1 aromatic carbocycles. The number of ether oxygens (including phenoxy) is 2. The molecule has 1 aromatic heterocycles. The maximum Gasteiger partial charge on any atom is 0.221 e. The Morgan fingerprint density at radius 2 is 2.09 bits per heavy atom. The van der Waals surface area contributed by atoms with Crippen molar-refractivity contribution in [3.05, 3.63) is 54.1 Å². The summed E-state index contributed by atoms with van der Waals surface area (Å²) in [6, 6.07) is 9.91. The number of hydrogen-bond acceptors (Lipinski definition) is 4. The zero-order chi connectivity index (χ0) is 16.3. The Labute approximate surface area is 136 Å². The first-order valence-corrected chi connectivity index (χ1v) is 7.69. The van der Waals surface area contributed by atoms with E-state index in [2.05, 4.69) is 15.3 Å². The lowest BCUT2D eigenvalue weighted by Gasteiger charge is -2.15. The number of nitrogens with one attached hydrogen (secondary N) is 2. The van der Waals surface area contributed by atoms with Crippen LogP contribution in [0.15, 0.2) is 42.7 Å². The molecule has 1 atom stereocenters. The number of nitrogens with zero attached hydrogens (tertiary/aromatic N) is 1. The third-order valence-corrected chi connectivity index (χ3v) is 3.44. The van der Waals surface area contributed by atoms with E-state index in [9.17, 15) is 4.79 Å². The Bertz CT molecular complexity index is 558. The number of imidazole rings is 1. The van der Waals surface area contributed by atoms with Gasteiger partial charge in [-0.15, -0.1) is 0 Å². The zero-order valence-electron chi connectivity index (χ0n) is 13.3. The van der Waals surface area contributed by atoms with E-state index in [0.717, 1.165) is 11.4 Å². The van der Waals surface area contributed by atoms with Crippen molar-refractivity contribution in [2.45, 2.75) is 12.3 Å². The highest BCUT2D eigenvalue weighted by Crippen LogP contribution is 2.24. The van der Waals surface area contributed by atoms with Gasteiger partial charge >= 0.3 is 0 Å². The predicted octanol–water partition coefficient (Wildman–Crippen LogP) is 1.71. The largest absolute Gasteiger partial charge is 0.382 e. The molecule has 0 aliphatic heterocycles. The summed E-state index contributed by atoms with van der Waals surface area (Å²) in [4.78, 5) is 19.6. The molecule has 2 rings (SSSR count). The smallest absolute Gasteiger partial charge is 0.221 e. The van der Waals surface area contributed by atoms with Crippen LogP contribution in [-0.2, 0) is 14.3 Å². The molecule has 0 fully saturated rings. The second-order valence-corrected chi connectivity index (χ2v) is 5.10. The summed E-state index contributed by atoms with van der Waals surface area (Å²) in [7, 11) is 1.63. The summed E-state index contributed by atoms with van der Waals surface area (Å²) in [6.45, 7) is 2.06. The fourth-order valence-corrected chi connectivity index (χ4v) is 2.29. The summed E-state index contributed by atoms with van der Waals surface area (Å²) in [5, 5.41) is 2.88. The predicted molar refractivity (Wildman–Crippen MR) is 87.2 cm³/mol. The maximum atomic E-state index is 12.2. The van der Waals surface area contributed by atoms with Crippen LogP contribution in [0.25, 0.3) is 0 Å². The molecule has 6 heteroatoms. The molecule has 124 valence electrons. The van der Waals surface area contributed by atoms with Crippen molar-refractivity contribution < 1.29 is 14.3 Å². The average Bonchev–Trinajstić information content (AvgIpc) is 3.11. The van der Waals surface area contributed by atoms with Gasteiger partial charge in [0.2, 0.25) is 5.91 Å². The molecule has 0 aliphatic rings. The van der Waals surface area contributed by atoms with Crippen molar-refractivity contribution in [3.8, 4) is 0 Å². The fraction of sp³-hybridized carbons (Fsp3) is 0.412. The molecule has 0 saturated heterocycles. The van der Waals surface area contributed by atoms with Crippen LogP contribution in [-0.4, -0.2) is 49.4 Å². The minimum Gasteiger partial charge on any atom is -0.382 e. The number of hydrogen-bond donors (Lipinski definition) is 2. The van der Waals surface area contributed by atoms with Crippen molar-refractivity contribution in [1.29, 1.82) is 0 Å². The highest BCUT2D eigenvalue weighted by Gasteiger charge is 2.19. The van der Waals surface area contributed by atoms with Crippen molar-refractivity contribution in [3.63, 3.8) is 0 Å². The Kier molecular flexibility index (Phi) is 7.29. The lowest BCUT2D eigenvalue weighted by atomic mass is 9.94. The Morgan fingerprint density at radius 1 is 1.26 bits per heavy atom. The molecule has 6 nitrogen and oxygen atoms in total. The number of aromatic nitrogens is 2. The molecular formula is C17H23N3O3. The van der Waals surface area contributed by atoms with E-state index in [1.54, 1.807) is 19.5 Å². The number of methoxy groups -OCH3 is 1. The fourth-order valence-electron chi connectivity index (χ4n) is 2.29. The number of amides is 1. The minimum absolute atomic E-state index is 0.0226. The summed E-state index contributed by atoms with van der Waals surface area (Å²) in [5.41, 5.74) is 1.06. The second-order valence-electron chi connectivity index (χ2n) is 5.10. The third-order valence-electron chi connectivity index (χ3n) is 3.44. The van der Waals surface area contributed by atoms with Gasteiger partial charge in [0.15, 0.2) is 0 Å². The van der Waals surface area contributed by atoms with Crippen LogP contribution >= 0.6 is 0 Å². The third kappa shape index (κ3) is 5.84. The topological polar surface area (TPSA) is 76.2 Å². The summed E-state index contributed by atoms with van der Waals surface area (Å²) in [5.74, 6) is 0.689. The molecule has 0 bridgehead atoms. The first kappa shape index (κ1) is 17.2. The Hall–Kier alpha value is -2.18. The van der Waals surface area contributed by atoms with Crippen LogP contribution in [0.5, 0.6) is 0 Å². The summed E-state index contributed by atoms with van der Waals surface area (Å²) >= 11 is 0. The molecule has 1 amide bonds. The Morgan fingerprint density at radius 3 is 2.78 bits per heavy atom. The van der Waals surface area contributed by atoms with E-state index in [-0.39, 0.29) is 11.8 Å². The van der Waals surface area contributed by atoms with Gasteiger partial charge in [0.25, 0.3) is 0 Å². The van der Waals surface area contributed by atoms with Crippen molar-refractivity contribution >= 4 is 5.91 Å². The summed E-state index contributed by atoms with van der Waals surface area (Å²) in [6.07, 6.45) is 3.81. The molecule has 0 saturated carbocycles. The molecule has 0 spiro atoms. The normalized spacial score (nSPS) is 12.0. The van der Waals surface area contributed by atoms with Gasteiger partial charge < -0.3 is 19.8 Å². The standard InChI is InChI=1S/C17H23N3O3/c1-22-11-12-23-10-9-18-16(21)13-15(17-19-7-8-20-17)14-5-3-2-4-6-14/h2-8,15H,9-13H2,1H3,(H,18,21)(H,19,20). The second kappa shape index (κ2) is 9.76. The van der Waals surface area contributed by atoms with E-state index in [4.69, 9.17) is 9.47 Å². The van der Waals surface area contributed by atoms with Gasteiger partial charge in [-0.1, -0.05) is 30.3 Å². The highest BCUT2D eigenvalue weighted by molar-refractivity contribution is 5.77. The van der Waals surface area contributed by atoms with Crippen LogP contribution in [0.2, 0.25) is 0 Å². The van der Waals surface area contributed by atoms with E-state index < -0.39 is 0 Å². The van der Waals surface area contributed by atoms with Gasteiger partial charge in [-0.05, 0) is 5.56 Å².